The summed E-state index contributed by atoms with van der Waals surface area (Å²) >= 11 is 0. The van der Waals surface area contributed by atoms with Crippen molar-refractivity contribution in [1.29, 1.82) is 0 Å². The Morgan fingerprint density at radius 3 is 1.47 bits per heavy atom. The number of carbonyl (C=O) groups excluding carboxylic acids is 4. The van der Waals surface area contributed by atoms with Crippen LogP contribution in [0.2, 0.25) is 0 Å². The Hall–Kier alpha value is -5.56. The number of esters is 2. The Bertz CT molecular complexity index is 1780. The van der Waals surface area contributed by atoms with Gasteiger partial charge in [0, 0.05) is 11.4 Å². The van der Waals surface area contributed by atoms with E-state index in [4.69, 9.17) is 23.7 Å². The maximum atomic E-state index is 13.8. The van der Waals surface area contributed by atoms with Crippen molar-refractivity contribution in [3.05, 3.63) is 126 Å². The second kappa shape index (κ2) is 13.6. The summed E-state index contributed by atoms with van der Waals surface area (Å²) in [6, 6.07) is 30.7. The molecule has 3 aliphatic heterocycles. The van der Waals surface area contributed by atoms with Crippen LogP contribution in [0.3, 0.4) is 0 Å². The Balaban J connectivity index is 1.10. The van der Waals surface area contributed by atoms with Crippen molar-refractivity contribution in [2.45, 2.75) is 62.7 Å². The summed E-state index contributed by atoms with van der Waals surface area (Å²) in [5, 5.41) is 9.47. The number of nitrogens with zero attached hydrogens (tertiary/aromatic N) is 2. The molecule has 12 nitrogen and oxygen atoms in total. The molecule has 0 unspecified atom stereocenters. The fraction of sp³-hybridized carbons (Fsp3) is 0.282. The van der Waals surface area contributed by atoms with E-state index in [0.29, 0.717) is 22.7 Å². The quantitative estimate of drug-likeness (QED) is 0.188. The van der Waals surface area contributed by atoms with Crippen LogP contribution in [0, 0.1) is 0 Å². The lowest BCUT2D eigenvalue weighted by Crippen LogP contribution is -2.62. The van der Waals surface area contributed by atoms with E-state index in [0.717, 1.165) is 11.1 Å². The number of amides is 2. The van der Waals surface area contributed by atoms with Crippen molar-refractivity contribution >= 4 is 35.1 Å². The van der Waals surface area contributed by atoms with E-state index in [1.807, 2.05) is 60.7 Å². The number of aliphatic hydroxyl groups excluding tert-OH is 1. The van der Waals surface area contributed by atoms with Crippen LogP contribution in [-0.4, -0.2) is 66.2 Å². The molecule has 0 radical (unpaired) electrons. The largest absolute Gasteiger partial charge is 0.497 e. The summed E-state index contributed by atoms with van der Waals surface area (Å²) in [6.45, 7) is 2.92. The smallest absolute Gasteiger partial charge is 0.339 e. The molecule has 2 amide bonds. The second-order valence-electron chi connectivity index (χ2n) is 12.8. The molecule has 0 aromatic heterocycles. The van der Waals surface area contributed by atoms with Gasteiger partial charge < -0.3 is 28.8 Å². The number of rotatable bonds is 10. The molecule has 0 aliphatic carbocycles. The van der Waals surface area contributed by atoms with E-state index < -0.39 is 66.0 Å². The number of benzene rings is 4. The predicted octanol–water partition coefficient (Wildman–Crippen LogP) is 4.41. The fourth-order valence-electron chi connectivity index (χ4n) is 6.67. The summed E-state index contributed by atoms with van der Waals surface area (Å²) in [4.78, 5) is 57.8. The van der Waals surface area contributed by atoms with Gasteiger partial charge in [-0.2, -0.15) is 0 Å². The first kappa shape index (κ1) is 33.9. The average molecular weight is 693 g/mol. The molecular formula is C39H36N2O10. The molecule has 6 atom stereocenters. The maximum absolute atomic E-state index is 13.8. The van der Waals surface area contributed by atoms with Gasteiger partial charge >= 0.3 is 11.9 Å². The summed E-state index contributed by atoms with van der Waals surface area (Å²) < 4.78 is 28.6. The van der Waals surface area contributed by atoms with Crippen molar-refractivity contribution in [2.75, 3.05) is 16.9 Å². The number of aliphatic hydroxyl groups is 1. The lowest BCUT2D eigenvalue weighted by molar-refractivity contribution is -0.181. The predicted molar refractivity (Wildman–Crippen MR) is 182 cm³/mol. The molecule has 51 heavy (non-hydrogen) atoms. The zero-order chi connectivity index (χ0) is 35.9. The summed E-state index contributed by atoms with van der Waals surface area (Å²) in [6.07, 6.45) is -5.61. The molecule has 7 rings (SSSR count). The monoisotopic (exact) mass is 692 g/mol. The first-order valence-electron chi connectivity index (χ1n) is 16.5. The normalized spacial score (nSPS) is 25.1. The topological polar surface area (TPSA) is 141 Å². The summed E-state index contributed by atoms with van der Waals surface area (Å²) in [5.74, 6) is -3.69. The van der Waals surface area contributed by atoms with Gasteiger partial charge in [0.25, 0.3) is 11.8 Å². The summed E-state index contributed by atoms with van der Waals surface area (Å²) in [7, 11) is 1.55. The minimum absolute atomic E-state index is 0.150. The van der Waals surface area contributed by atoms with Crippen molar-refractivity contribution < 1.29 is 48.0 Å². The van der Waals surface area contributed by atoms with Gasteiger partial charge in [0.2, 0.25) is 12.2 Å². The number of β-lactam (4-membered cyclic amide) rings is 2. The number of hydrogen-bond acceptors (Lipinski definition) is 10. The standard InChI is InChI=1S/C39H36N2O10/c1-39(2)50-33(37(45)48-31-29(24-10-6-4-7-11-24)40(35(31)43)26-16-14-23(22-42)15-17-26)34(51-39)38(46)49-32-30(25-12-8-5-9-13-25)41(36(32)44)27-18-20-28(47-3)21-19-27/h4-21,29-34,42H,22H2,1-3H3/t29-,30-,31+,32+,33+,34+/m0/s1. The van der Waals surface area contributed by atoms with Crippen LogP contribution in [0.4, 0.5) is 11.4 Å². The highest BCUT2D eigenvalue weighted by molar-refractivity contribution is 6.07. The number of anilines is 2. The molecule has 3 heterocycles. The molecular weight excluding hydrogens is 656 g/mol. The average Bonchev–Trinajstić information content (AvgIpc) is 3.49. The van der Waals surface area contributed by atoms with Gasteiger partial charge in [-0.15, -0.1) is 0 Å². The van der Waals surface area contributed by atoms with E-state index in [9.17, 15) is 24.3 Å². The fourth-order valence-corrected chi connectivity index (χ4v) is 6.67. The highest BCUT2D eigenvalue weighted by Crippen LogP contribution is 2.44. The molecule has 1 N–H and O–H groups in total. The lowest BCUT2D eigenvalue weighted by Gasteiger charge is -2.46. The van der Waals surface area contributed by atoms with Gasteiger partial charge in [0.05, 0.1) is 13.7 Å². The SMILES string of the molecule is COc1ccc(N2C(=O)[C@H](OC(=O)[C@@H]3OC(C)(C)O[C@H]3C(=O)O[C@H]3C(=O)N(c4ccc(CO)cc4)[C@H]3c3ccccc3)[C@@H]2c2ccccc2)cc1. The molecule has 262 valence electrons. The zero-order valence-electron chi connectivity index (χ0n) is 28.1. The third-order valence-electron chi connectivity index (χ3n) is 9.17. The van der Waals surface area contributed by atoms with Gasteiger partial charge in [-0.3, -0.25) is 19.4 Å². The molecule has 0 bridgehead atoms. The minimum atomic E-state index is -1.59. The van der Waals surface area contributed by atoms with Crippen LogP contribution in [0.5, 0.6) is 5.75 Å². The Morgan fingerprint density at radius 2 is 1.08 bits per heavy atom. The number of ether oxygens (including phenoxy) is 5. The van der Waals surface area contributed by atoms with Crippen LogP contribution in [-0.2, 0) is 44.7 Å². The van der Waals surface area contributed by atoms with Gasteiger partial charge in [0.1, 0.15) is 17.8 Å². The van der Waals surface area contributed by atoms with E-state index >= 15 is 0 Å². The number of methoxy groups -OCH3 is 1. The van der Waals surface area contributed by atoms with Crippen LogP contribution in [0.1, 0.15) is 42.6 Å². The molecule has 0 saturated carbocycles. The van der Waals surface area contributed by atoms with Crippen molar-refractivity contribution in [3.8, 4) is 5.75 Å². The minimum Gasteiger partial charge on any atom is -0.497 e. The van der Waals surface area contributed by atoms with Gasteiger partial charge in [-0.25, -0.2) is 9.59 Å². The Morgan fingerprint density at radius 1 is 0.667 bits per heavy atom. The molecule has 3 saturated heterocycles. The van der Waals surface area contributed by atoms with E-state index in [1.165, 1.54) is 23.6 Å². The zero-order valence-corrected chi connectivity index (χ0v) is 28.1. The molecule has 4 aromatic carbocycles. The van der Waals surface area contributed by atoms with E-state index in [1.54, 1.807) is 55.6 Å². The molecule has 3 fully saturated rings. The summed E-state index contributed by atoms with van der Waals surface area (Å²) in [5.41, 5.74) is 3.27. The Kier molecular flexibility index (Phi) is 9.06. The van der Waals surface area contributed by atoms with Crippen LogP contribution >= 0.6 is 0 Å². The van der Waals surface area contributed by atoms with Crippen molar-refractivity contribution in [1.82, 2.24) is 0 Å². The highest BCUT2D eigenvalue weighted by Gasteiger charge is 2.58. The van der Waals surface area contributed by atoms with Crippen LogP contribution < -0.4 is 14.5 Å². The maximum Gasteiger partial charge on any atom is 0.339 e. The first-order valence-corrected chi connectivity index (χ1v) is 16.5. The van der Waals surface area contributed by atoms with Gasteiger partial charge in [-0.1, -0.05) is 72.8 Å². The first-order chi connectivity index (χ1) is 24.6. The number of carbonyl (C=O) groups is 4. The highest BCUT2D eigenvalue weighted by atomic mass is 16.8. The molecule has 12 heteroatoms. The molecule has 0 spiro atoms. The third kappa shape index (κ3) is 6.33. The Labute approximate surface area is 294 Å². The van der Waals surface area contributed by atoms with E-state index in [2.05, 4.69) is 0 Å². The third-order valence-corrected chi connectivity index (χ3v) is 9.17. The number of hydrogen-bond donors (Lipinski definition) is 1. The van der Waals surface area contributed by atoms with Gasteiger partial charge in [-0.05, 0) is 66.9 Å². The van der Waals surface area contributed by atoms with Crippen molar-refractivity contribution in [2.24, 2.45) is 0 Å². The van der Waals surface area contributed by atoms with E-state index in [-0.39, 0.29) is 6.61 Å². The second-order valence-corrected chi connectivity index (χ2v) is 12.8. The van der Waals surface area contributed by atoms with Crippen molar-refractivity contribution in [3.63, 3.8) is 0 Å². The van der Waals surface area contributed by atoms with Crippen LogP contribution in [0.15, 0.2) is 109 Å². The lowest BCUT2D eigenvalue weighted by atomic mass is 9.89. The molecule has 3 aliphatic rings. The van der Waals surface area contributed by atoms with Gasteiger partial charge in [0.15, 0.2) is 18.0 Å². The molecule has 4 aromatic rings. The van der Waals surface area contributed by atoms with Crippen LogP contribution in [0.25, 0.3) is 0 Å².